The molecule has 2 heterocycles. The first-order chi connectivity index (χ1) is 14.2. The number of aromatic nitrogens is 2. The van der Waals surface area contributed by atoms with E-state index in [1.165, 1.54) is 12.1 Å². The lowest BCUT2D eigenvalue weighted by molar-refractivity contribution is -0.121. The summed E-state index contributed by atoms with van der Waals surface area (Å²) in [6.07, 6.45) is 2.28. The van der Waals surface area contributed by atoms with Crippen LogP contribution in [-0.2, 0) is 11.2 Å². The summed E-state index contributed by atoms with van der Waals surface area (Å²) in [5, 5.41) is 6.92. The molecule has 0 spiro atoms. The number of hydrogen-bond acceptors (Lipinski definition) is 5. The minimum absolute atomic E-state index is 0.000613. The molecular formula is C22H23FN4O2. The Hall–Kier alpha value is -3.06. The average molecular weight is 394 g/mol. The van der Waals surface area contributed by atoms with Gasteiger partial charge >= 0.3 is 0 Å². The standard InChI is InChI=1S/C22H23FN4O2/c23-18-6-8-19(9-7-18)24-22(28)17-10-13-27(14-11-17)15-12-20-25-21(26-29-20)16-4-2-1-3-5-16/h1-9,17H,10-15H2,(H,24,28). The largest absolute Gasteiger partial charge is 0.339 e. The van der Waals surface area contributed by atoms with E-state index in [4.69, 9.17) is 4.52 Å². The topological polar surface area (TPSA) is 71.3 Å². The molecule has 1 saturated heterocycles. The molecule has 150 valence electrons. The van der Waals surface area contributed by atoms with Gasteiger partial charge in [0.25, 0.3) is 0 Å². The zero-order valence-electron chi connectivity index (χ0n) is 16.1. The summed E-state index contributed by atoms with van der Waals surface area (Å²) in [4.78, 5) is 19.2. The minimum Gasteiger partial charge on any atom is -0.339 e. The van der Waals surface area contributed by atoms with Crippen molar-refractivity contribution >= 4 is 11.6 Å². The van der Waals surface area contributed by atoms with Crippen molar-refractivity contribution < 1.29 is 13.7 Å². The molecule has 29 heavy (non-hydrogen) atoms. The molecule has 1 aliphatic heterocycles. The molecular weight excluding hydrogens is 371 g/mol. The lowest BCUT2D eigenvalue weighted by Gasteiger charge is -2.30. The smallest absolute Gasteiger partial charge is 0.228 e. The van der Waals surface area contributed by atoms with Gasteiger partial charge in [0.2, 0.25) is 17.6 Å². The number of carbonyl (C=O) groups excluding carboxylic acids is 1. The van der Waals surface area contributed by atoms with Crippen molar-refractivity contribution in [2.45, 2.75) is 19.3 Å². The maximum atomic E-state index is 13.0. The van der Waals surface area contributed by atoms with Gasteiger partial charge in [-0.15, -0.1) is 0 Å². The summed E-state index contributed by atoms with van der Waals surface area (Å²) in [7, 11) is 0. The molecule has 1 fully saturated rings. The summed E-state index contributed by atoms with van der Waals surface area (Å²) in [5.74, 6) is 0.898. The van der Waals surface area contributed by atoms with Crippen LogP contribution in [0.2, 0.25) is 0 Å². The van der Waals surface area contributed by atoms with Gasteiger partial charge in [0, 0.05) is 30.1 Å². The number of nitrogens with one attached hydrogen (secondary N) is 1. The number of amides is 1. The van der Waals surface area contributed by atoms with Crippen LogP contribution in [-0.4, -0.2) is 40.6 Å². The van der Waals surface area contributed by atoms with Crippen LogP contribution in [0.3, 0.4) is 0 Å². The minimum atomic E-state index is -0.312. The second-order valence-corrected chi connectivity index (χ2v) is 7.24. The Balaban J connectivity index is 1.22. The Morgan fingerprint density at radius 2 is 1.83 bits per heavy atom. The summed E-state index contributed by atoms with van der Waals surface area (Å²) in [6, 6.07) is 15.6. The summed E-state index contributed by atoms with van der Waals surface area (Å²) in [5.41, 5.74) is 1.57. The van der Waals surface area contributed by atoms with Crippen molar-refractivity contribution in [3.63, 3.8) is 0 Å². The fraction of sp³-hybridized carbons (Fsp3) is 0.318. The highest BCUT2D eigenvalue weighted by atomic mass is 19.1. The van der Waals surface area contributed by atoms with Crippen LogP contribution in [0.25, 0.3) is 11.4 Å². The summed E-state index contributed by atoms with van der Waals surface area (Å²) < 4.78 is 18.3. The fourth-order valence-corrected chi connectivity index (χ4v) is 3.51. The van der Waals surface area contributed by atoms with E-state index in [0.717, 1.165) is 38.0 Å². The number of halogens is 1. The highest BCUT2D eigenvalue weighted by molar-refractivity contribution is 5.92. The molecule has 1 aliphatic rings. The van der Waals surface area contributed by atoms with Crippen molar-refractivity contribution in [2.24, 2.45) is 5.92 Å². The number of nitrogens with zero attached hydrogens (tertiary/aromatic N) is 3. The van der Waals surface area contributed by atoms with Gasteiger partial charge in [-0.2, -0.15) is 4.98 Å². The number of hydrogen-bond donors (Lipinski definition) is 1. The van der Waals surface area contributed by atoms with Gasteiger partial charge in [-0.25, -0.2) is 4.39 Å². The van der Waals surface area contributed by atoms with Gasteiger partial charge < -0.3 is 14.7 Å². The van der Waals surface area contributed by atoms with E-state index in [9.17, 15) is 9.18 Å². The van der Waals surface area contributed by atoms with Crippen molar-refractivity contribution in [3.05, 3.63) is 66.3 Å². The fourth-order valence-electron chi connectivity index (χ4n) is 3.51. The van der Waals surface area contributed by atoms with E-state index in [1.54, 1.807) is 12.1 Å². The third-order valence-corrected chi connectivity index (χ3v) is 5.21. The monoisotopic (exact) mass is 394 g/mol. The van der Waals surface area contributed by atoms with E-state index in [-0.39, 0.29) is 17.6 Å². The first-order valence-electron chi connectivity index (χ1n) is 9.84. The van der Waals surface area contributed by atoms with Crippen LogP contribution in [0.1, 0.15) is 18.7 Å². The molecule has 0 saturated carbocycles. The molecule has 0 bridgehead atoms. The average Bonchev–Trinajstić information content (AvgIpc) is 3.24. The van der Waals surface area contributed by atoms with Gasteiger partial charge in [-0.05, 0) is 50.2 Å². The van der Waals surface area contributed by atoms with Crippen molar-refractivity contribution in [2.75, 3.05) is 25.0 Å². The molecule has 1 aromatic heterocycles. The molecule has 6 nitrogen and oxygen atoms in total. The van der Waals surface area contributed by atoms with Crippen molar-refractivity contribution in [1.29, 1.82) is 0 Å². The second-order valence-electron chi connectivity index (χ2n) is 7.24. The van der Waals surface area contributed by atoms with Gasteiger partial charge in [0.15, 0.2) is 0 Å². The van der Waals surface area contributed by atoms with E-state index in [0.29, 0.717) is 23.8 Å². The lowest BCUT2D eigenvalue weighted by atomic mass is 9.95. The molecule has 1 amide bonds. The Morgan fingerprint density at radius 1 is 1.10 bits per heavy atom. The number of carbonyl (C=O) groups is 1. The Labute approximate surface area is 168 Å². The zero-order chi connectivity index (χ0) is 20.1. The summed E-state index contributed by atoms with van der Waals surface area (Å²) >= 11 is 0. The van der Waals surface area contributed by atoms with Gasteiger partial charge in [0.05, 0.1) is 0 Å². The first-order valence-corrected chi connectivity index (χ1v) is 9.84. The molecule has 1 N–H and O–H groups in total. The van der Waals surface area contributed by atoms with E-state index in [1.807, 2.05) is 30.3 Å². The second kappa shape index (κ2) is 8.96. The predicted molar refractivity (Wildman–Crippen MR) is 108 cm³/mol. The predicted octanol–water partition coefficient (Wildman–Crippen LogP) is 3.77. The van der Waals surface area contributed by atoms with Crippen LogP contribution in [0.15, 0.2) is 59.1 Å². The Bertz CT molecular complexity index is 935. The van der Waals surface area contributed by atoms with E-state index in [2.05, 4.69) is 20.4 Å². The molecule has 4 rings (SSSR count). The highest BCUT2D eigenvalue weighted by Gasteiger charge is 2.25. The lowest BCUT2D eigenvalue weighted by Crippen LogP contribution is -2.39. The van der Waals surface area contributed by atoms with Crippen LogP contribution >= 0.6 is 0 Å². The molecule has 0 atom stereocenters. The van der Waals surface area contributed by atoms with Gasteiger partial charge in [-0.3, -0.25) is 4.79 Å². The SMILES string of the molecule is O=C(Nc1ccc(F)cc1)C1CCN(CCc2nc(-c3ccccc3)no2)CC1. The first kappa shape index (κ1) is 19.3. The van der Waals surface area contributed by atoms with Crippen LogP contribution < -0.4 is 5.32 Å². The number of rotatable bonds is 6. The number of piperidine rings is 1. The molecule has 0 unspecified atom stereocenters. The Kier molecular flexibility index (Phi) is 5.95. The normalized spacial score (nSPS) is 15.3. The van der Waals surface area contributed by atoms with E-state index >= 15 is 0 Å². The third kappa shape index (κ3) is 5.06. The molecule has 2 aromatic carbocycles. The zero-order valence-corrected chi connectivity index (χ0v) is 16.1. The maximum Gasteiger partial charge on any atom is 0.228 e. The Morgan fingerprint density at radius 3 is 2.55 bits per heavy atom. The van der Waals surface area contributed by atoms with Crippen LogP contribution in [0.4, 0.5) is 10.1 Å². The van der Waals surface area contributed by atoms with Gasteiger partial charge in [-0.1, -0.05) is 35.5 Å². The molecule has 7 heteroatoms. The number of benzene rings is 2. The van der Waals surface area contributed by atoms with E-state index < -0.39 is 0 Å². The van der Waals surface area contributed by atoms with Crippen molar-refractivity contribution in [1.82, 2.24) is 15.0 Å². The highest BCUT2D eigenvalue weighted by Crippen LogP contribution is 2.20. The summed E-state index contributed by atoms with van der Waals surface area (Å²) in [6.45, 7) is 2.52. The molecule has 0 aliphatic carbocycles. The van der Waals surface area contributed by atoms with Crippen LogP contribution in [0, 0.1) is 11.7 Å². The van der Waals surface area contributed by atoms with Gasteiger partial charge in [0.1, 0.15) is 5.82 Å². The quantitative estimate of drug-likeness (QED) is 0.689. The number of likely N-dealkylation sites (tertiary alicyclic amines) is 1. The number of anilines is 1. The maximum absolute atomic E-state index is 13.0. The molecule has 3 aromatic rings. The third-order valence-electron chi connectivity index (χ3n) is 5.21. The van der Waals surface area contributed by atoms with Crippen LogP contribution in [0.5, 0.6) is 0 Å². The molecule has 0 radical (unpaired) electrons. The van der Waals surface area contributed by atoms with Crippen molar-refractivity contribution in [3.8, 4) is 11.4 Å².